The second kappa shape index (κ2) is 7.61. The molecule has 0 aromatic carbocycles. The number of amides is 1. The quantitative estimate of drug-likeness (QED) is 0.452. The van der Waals surface area contributed by atoms with E-state index in [1.54, 1.807) is 27.8 Å². The van der Waals surface area contributed by atoms with Crippen molar-refractivity contribution in [3.05, 3.63) is 22.5 Å². The molecule has 0 saturated heterocycles. The fraction of sp³-hybridized carbons (Fsp3) is 0.588. The van der Waals surface area contributed by atoms with E-state index in [0.717, 1.165) is 17.7 Å². The first-order chi connectivity index (χ1) is 11.3. The number of nitrogens with one attached hydrogen (secondary N) is 3. The van der Waals surface area contributed by atoms with Crippen LogP contribution in [0.5, 0.6) is 0 Å². The monoisotopic (exact) mass is 336 g/mol. The summed E-state index contributed by atoms with van der Waals surface area (Å²) < 4.78 is 5.05. The Morgan fingerprint density at radius 3 is 2.38 bits per heavy atom. The average molecular weight is 336 g/mol. The van der Waals surface area contributed by atoms with Gasteiger partial charge in [0.2, 0.25) is 5.78 Å². The molecule has 1 aromatic rings. The second-order valence-electron chi connectivity index (χ2n) is 6.42. The highest BCUT2D eigenvalue weighted by Gasteiger charge is 2.28. The number of esters is 1. The maximum atomic E-state index is 12.7. The maximum Gasteiger partial charge on any atom is 0.340 e. The molecule has 24 heavy (non-hydrogen) atoms. The summed E-state index contributed by atoms with van der Waals surface area (Å²) in [4.78, 5) is 40.4. The Balaban J connectivity index is 2.05. The lowest BCUT2D eigenvalue weighted by molar-refractivity contribution is -0.862. The maximum absolute atomic E-state index is 12.7. The molecule has 7 heteroatoms. The Morgan fingerprint density at radius 2 is 1.79 bits per heavy atom. The topological polar surface area (TPSA) is 92.7 Å². The number of aryl methyl sites for hydroxylation is 2. The molecular formula is C17H26N3O4+. The van der Waals surface area contributed by atoms with Gasteiger partial charge in [-0.25, -0.2) is 4.79 Å². The van der Waals surface area contributed by atoms with Crippen LogP contribution in [0.2, 0.25) is 0 Å². The summed E-state index contributed by atoms with van der Waals surface area (Å²) >= 11 is 0. The van der Waals surface area contributed by atoms with Crippen LogP contribution < -0.4 is 10.2 Å². The molecule has 1 aromatic heterocycles. The van der Waals surface area contributed by atoms with Gasteiger partial charge in [0, 0.05) is 17.4 Å². The van der Waals surface area contributed by atoms with Crippen molar-refractivity contribution < 1.29 is 24.0 Å². The van der Waals surface area contributed by atoms with Crippen molar-refractivity contribution in [1.82, 2.24) is 10.3 Å². The lowest BCUT2D eigenvalue weighted by atomic mass is 10.0. The van der Waals surface area contributed by atoms with Gasteiger partial charge in [0.05, 0.1) is 24.8 Å². The third-order valence-corrected chi connectivity index (χ3v) is 4.00. The van der Waals surface area contributed by atoms with Crippen molar-refractivity contribution >= 4 is 17.7 Å². The summed E-state index contributed by atoms with van der Waals surface area (Å²) in [7, 11) is 1.79. The molecule has 1 saturated carbocycles. The number of ether oxygens (including phenoxy) is 1. The van der Waals surface area contributed by atoms with Gasteiger partial charge < -0.3 is 19.9 Å². The van der Waals surface area contributed by atoms with Gasteiger partial charge in [-0.3, -0.25) is 9.59 Å². The van der Waals surface area contributed by atoms with Gasteiger partial charge in [-0.15, -0.1) is 0 Å². The molecule has 1 unspecified atom stereocenters. The van der Waals surface area contributed by atoms with Crippen LogP contribution >= 0.6 is 0 Å². The van der Waals surface area contributed by atoms with Crippen LogP contribution in [0.25, 0.3) is 0 Å². The minimum Gasteiger partial charge on any atom is -0.462 e. The number of hydrogen-bond donors (Lipinski definition) is 3. The normalized spacial score (nSPS) is 15.0. The van der Waals surface area contributed by atoms with Gasteiger partial charge in [-0.1, -0.05) is 0 Å². The molecule has 0 radical (unpaired) electrons. The molecule has 1 amide bonds. The van der Waals surface area contributed by atoms with Crippen LogP contribution in [0.1, 0.15) is 51.9 Å². The van der Waals surface area contributed by atoms with E-state index in [9.17, 15) is 14.4 Å². The standard InChI is InChI=1S/C17H25N3O4/c1-5-24-17(23)16-11(3)18-10(2)15(16)13(21)8-20(4)9-14(22)19-12-6-7-12/h12,18H,5-9H2,1-4H3,(H,19,22)/p+1. The van der Waals surface area contributed by atoms with E-state index in [-0.39, 0.29) is 31.4 Å². The van der Waals surface area contributed by atoms with Gasteiger partial charge >= 0.3 is 5.97 Å². The number of aromatic amines is 1. The Morgan fingerprint density at radius 1 is 1.17 bits per heavy atom. The molecular weight excluding hydrogens is 310 g/mol. The lowest BCUT2D eigenvalue weighted by Crippen LogP contribution is -3.11. The van der Waals surface area contributed by atoms with Crippen LogP contribution in [0, 0.1) is 13.8 Å². The fourth-order valence-corrected chi connectivity index (χ4v) is 2.79. The van der Waals surface area contributed by atoms with E-state index in [1.165, 1.54) is 0 Å². The number of hydrogen-bond acceptors (Lipinski definition) is 4. The van der Waals surface area contributed by atoms with Crippen LogP contribution in [0.3, 0.4) is 0 Å². The van der Waals surface area contributed by atoms with Crippen molar-refractivity contribution in [3.63, 3.8) is 0 Å². The molecule has 2 rings (SSSR count). The van der Waals surface area contributed by atoms with E-state index >= 15 is 0 Å². The number of rotatable bonds is 8. The zero-order valence-electron chi connectivity index (χ0n) is 14.7. The first-order valence-corrected chi connectivity index (χ1v) is 8.33. The number of likely N-dealkylation sites (N-methyl/N-ethyl adjacent to an activating group) is 1. The minimum absolute atomic E-state index is 0.0459. The number of aromatic nitrogens is 1. The van der Waals surface area contributed by atoms with Gasteiger partial charge in [-0.05, 0) is 33.6 Å². The van der Waals surface area contributed by atoms with Crippen molar-refractivity contribution in [3.8, 4) is 0 Å². The Labute approximate surface area is 141 Å². The van der Waals surface area contributed by atoms with E-state index < -0.39 is 5.97 Å². The Hall–Kier alpha value is -2.15. The molecule has 1 atom stereocenters. The number of H-pyrrole nitrogens is 1. The molecule has 0 bridgehead atoms. The molecule has 7 nitrogen and oxygen atoms in total. The van der Waals surface area contributed by atoms with E-state index in [1.807, 2.05) is 0 Å². The van der Waals surface area contributed by atoms with Crippen LogP contribution in [-0.4, -0.2) is 55.4 Å². The first-order valence-electron chi connectivity index (χ1n) is 8.33. The van der Waals surface area contributed by atoms with Gasteiger partial charge in [0.15, 0.2) is 6.54 Å². The summed E-state index contributed by atoms with van der Waals surface area (Å²) in [6, 6.07) is 0.311. The van der Waals surface area contributed by atoms with Crippen molar-refractivity contribution in [2.45, 2.75) is 39.7 Å². The predicted octanol–water partition coefficient (Wildman–Crippen LogP) is -0.216. The third kappa shape index (κ3) is 4.44. The smallest absolute Gasteiger partial charge is 0.340 e. The largest absolute Gasteiger partial charge is 0.462 e. The summed E-state index contributed by atoms with van der Waals surface area (Å²) in [6.45, 7) is 5.86. The number of ketones is 1. The van der Waals surface area contributed by atoms with E-state index in [0.29, 0.717) is 28.6 Å². The molecule has 3 N–H and O–H groups in total. The van der Waals surface area contributed by atoms with Gasteiger partial charge in [0.25, 0.3) is 5.91 Å². The zero-order chi connectivity index (χ0) is 17.9. The zero-order valence-corrected chi connectivity index (χ0v) is 14.7. The Bertz CT molecular complexity index is 647. The van der Waals surface area contributed by atoms with Crippen molar-refractivity contribution in [1.29, 1.82) is 0 Å². The van der Waals surface area contributed by atoms with Gasteiger partial charge in [0.1, 0.15) is 6.54 Å². The van der Waals surface area contributed by atoms with Crippen LogP contribution in [0.15, 0.2) is 0 Å². The summed E-state index contributed by atoms with van der Waals surface area (Å²) in [5.41, 5.74) is 1.94. The fourth-order valence-electron chi connectivity index (χ4n) is 2.79. The number of carbonyl (C=O) groups excluding carboxylic acids is 3. The molecule has 132 valence electrons. The molecule has 1 aliphatic rings. The minimum atomic E-state index is -0.494. The van der Waals surface area contributed by atoms with Crippen molar-refractivity contribution in [2.75, 3.05) is 26.7 Å². The van der Waals surface area contributed by atoms with Gasteiger partial charge in [-0.2, -0.15) is 0 Å². The molecule has 1 heterocycles. The predicted molar refractivity (Wildman–Crippen MR) is 88.3 cm³/mol. The summed E-state index contributed by atoms with van der Waals surface area (Å²) in [5, 5.41) is 2.91. The highest BCUT2D eigenvalue weighted by atomic mass is 16.5. The molecule has 1 aliphatic carbocycles. The SMILES string of the molecule is CCOC(=O)c1c(C)[nH]c(C)c1C(=O)C[NH+](C)CC(=O)NC1CC1. The Kier molecular flexibility index (Phi) is 5.77. The highest BCUT2D eigenvalue weighted by Crippen LogP contribution is 2.20. The van der Waals surface area contributed by atoms with Crippen LogP contribution in [-0.2, 0) is 9.53 Å². The first kappa shape index (κ1) is 18.2. The molecule has 1 fully saturated rings. The lowest BCUT2D eigenvalue weighted by Gasteiger charge is -2.13. The highest BCUT2D eigenvalue weighted by molar-refractivity contribution is 6.08. The van der Waals surface area contributed by atoms with Crippen molar-refractivity contribution in [2.24, 2.45) is 0 Å². The average Bonchev–Trinajstić information content (AvgIpc) is 3.21. The van der Waals surface area contributed by atoms with E-state index in [2.05, 4.69) is 10.3 Å². The summed E-state index contributed by atoms with van der Waals surface area (Å²) in [6.07, 6.45) is 2.07. The second-order valence-corrected chi connectivity index (χ2v) is 6.42. The number of Topliss-reactive ketones (excluding diaryl/α,β-unsaturated/α-hetero) is 1. The van der Waals surface area contributed by atoms with E-state index in [4.69, 9.17) is 4.74 Å². The third-order valence-electron chi connectivity index (χ3n) is 4.00. The number of quaternary nitrogens is 1. The van der Waals surface area contributed by atoms with Crippen LogP contribution in [0.4, 0.5) is 0 Å². The molecule has 0 aliphatic heterocycles. The number of carbonyl (C=O) groups is 3. The molecule has 0 spiro atoms. The summed E-state index contributed by atoms with van der Waals surface area (Å²) in [5.74, 6) is -0.709.